The van der Waals surface area contributed by atoms with Crippen molar-refractivity contribution in [1.82, 2.24) is 10.2 Å². The predicted octanol–water partition coefficient (Wildman–Crippen LogP) is 4.55. The van der Waals surface area contributed by atoms with Crippen molar-refractivity contribution in [2.75, 3.05) is 26.2 Å². The van der Waals surface area contributed by atoms with Gasteiger partial charge in [-0.05, 0) is 45.0 Å². The van der Waals surface area contributed by atoms with Crippen LogP contribution in [0.15, 0.2) is 24.3 Å². The summed E-state index contributed by atoms with van der Waals surface area (Å²) in [5, 5.41) is 3.66. The van der Waals surface area contributed by atoms with E-state index in [0.717, 1.165) is 13.1 Å². The molecule has 1 unspecified atom stereocenters. The van der Waals surface area contributed by atoms with E-state index in [-0.39, 0.29) is 0 Å². The van der Waals surface area contributed by atoms with Gasteiger partial charge in [0.2, 0.25) is 0 Å². The highest BCUT2D eigenvalue weighted by Crippen LogP contribution is 2.16. The maximum absolute atomic E-state index is 3.66. The number of benzene rings is 1. The molecule has 1 N–H and O–H groups in total. The summed E-state index contributed by atoms with van der Waals surface area (Å²) < 4.78 is 0. The molecule has 0 saturated heterocycles. The molecule has 0 radical (unpaired) electrons. The number of hydrogen-bond acceptors (Lipinski definition) is 2. The van der Waals surface area contributed by atoms with E-state index in [1.54, 1.807) is 0 Å². The van der Waals surface area contributed by atoms with Crippen LogP contribution in [0.1, 0.15) is 63.6 Å². The highest BCUT2D eigenvalue weighted by atomic mass is 15.1. The molecular weight excluding hydrogens is 256 g/mol. The number of rotatable bonds is 11. The lowest BCUT2D eigenvalue weighted by atomic mass is 10.0. The minimum absolute atomic E-state index is 0.448. The summed E-state index contributed by atoms with van der Waals surface area (Å²) in [7, 11) is 0. The van der Waals surface area contributed by atoms with Crippen LogP contribution in [0, 0.1) is 6.92 Å². The van der Waals surface area contributed by atoms with Gasteiger partial charge in [0.25, 0.3) is 0 Å². The highest BCUT2D eigenvalue weighted by Gasteiger charge is 2.14. The molecule has 2 nitrogen and oxygen atoms in total. The molecule has 0 aromatic heterocycles. The lowest BCUT2D eigenvalue weighted by Gasteiger charge is -2.28. The number of unbranched alkanes of at least 4 members (excludes halogenated alkanes) is 2. The third-order valence-electron chi connectivity index (χ3n) is 4.03. The summed E-state index contributed by atoms with van der Waals surface area (Å²) in [5.74, 6) is 0. The van der Waals surface area contributed by atoms with Crippen LogP contribution in [0.5, 0.6) is 0 Å². The fourth-order valence-corrected chi connectivity index (χ4v) is 2.65. The first kappa shape index (κ1) is 18.2. The molecule has 0 heterocycles. The smallest absolute Gasteiger partial charge is 0.0449 e. The normalized spacial score (nSPS) is 12.8. The van der Waals surface area contributed by atoms with Gasteiger partial charge in [0.15, 0.2) is 0 Å². The van der Waals surface area contributed by atoms with Crippen molar-refractivity contribution in [2.24, 2.45) is 0 Å². The molecule has 0 aliphatic heterocycles. The monoisotopic (exact) mass is 290 g/mol. The fourth-order valence-electron chi connectivity index (χ4n) is 2.65. The van der Waals surface area contributed by atoms with Crippen LogP contribution >= 0.6 is 0 Å². The van der Waals surface area contributed by atoms with Gasteiger partial charge >= 0.3 is 0 Å². The molecule has 0 saturated carbocycles. The maximum atomic E-state index is 3.66. The first-order valence-corrected chi connectivity index (χ1v) is 8.73. The first-order chi connectivity index (χ1) is 10.2. The summed E-state index contributed by atoms with van der Waals surface area (Å²) >= 11 is 0. The van der Waals surface area contributed by atoms with E-state index < -0.39 is 0 Å². The number of aryl methyl sites for hydroxylation is 1. The average Bonchev–Trinajstić information content (AvgIpc) is 2.50. The van der Waals surface area contributed by atoms with E-state index >= 15 is 0 Å². The zero-order chi connectivity index (χ0) is 15.5. The van der Waals surface area contributed by atoms with E-state index in [9.17, 15) is 0 Å². The molecule has 1 atom stereocenters. The van der Waals surface area contributed by atoms with Crippen molar-refractivity contribution >= 4 is 0 Å². The van der Waals surface area contributed by atoms with Gasteiger partial charge in [-0.1, -0.05) is 63.4 Å². The predicted molar refractivity (Wildman–Crippen MR) is 93.9 cm³/mol. The van der Waals surface area contributed by atoms with Crippen LogP contribution in [0.3, 0.4) is 0 Å². The molecule has 1 aromatic rings. The van der Waals surface area contributed by atoms with Crippen molar-refractivity contribution in [3.8, 4) is 0 Å². The molecule has 2 heteroatoms. The van der Waals surface area contributed by atoms with Gasteiger partial charge in [-0.3, -0.25) is 0 Å². The third-order valence-corrected chi connectivity index (χ3v) is 4.03. The van der Waals surface area contributed by atoms with Crippen molar-refractivity contribution in [2.45, 2.75) is 59.4 Å². The second-order valence-corrected chi connectivity index (χ2v) is 6.03. The Bertz CT molecular complexity index is 350. The van der Waals surface area contributed by atoms with Gasteiger partial charge in [0.05, 0.1) is 0 Å². The van der Waals surface area contributed by atoms with Gasteiger partial charge < -0.3 is 10.2 Å². The summed E-state index contributed by atoms with van der Waals surface area (Å²) in [6.45, 7) is 13.5. The van der Waals surface area contributed by atoms with Crippen LogP contribution in [0.4, 0.5) is 0 Å². The molecule has 0 aliphatic rings. The Labute approximate surface area is 131 Å². The van der Waals surface area contributed by atoms with Crippen LogP contribution in [-0.4, -0.2) is 31.1 Å². The number of nitrogens with one attached hydrogen (secondary N) is 1. The van der Waals surface area contributed by atoms with Crippen LogP contribution in [0.25, 0.3) is 0 Å². The van der Waals surface area contributed by atoms with Gasteiger partial charge in [0, 0.05) is 12.6 Å². The SMILES string of the molecule is CCCCN(CCCC)CC(NCC)c1ccc(C)cc1. The zero-order valence-corrected chi connectivity index (χ0v) is 14.5. The zero-order valence-electron chi connectivity index (χ0n) is 14.5. The lowest BCUT2D eigenvalue weighted by Crippen LogP contribution is -2.36. The summed E-state index contributed by atoms with van der Waals surface area (Å²) in [6.07, 6.45) is 5.16. The molecule has 1 aromatic carbocycles. The third kappa shape index (κ3) is 7.10. The molecule has 0 amide bonds. The lowest BCUT2D eigenvalue weighted by molar-refractivity contribution is 0.236. The van der Waals surface area contributed by atoms with Crippen molar-refractivity contribution in [3.05, 3.63) is 35.4 Å². The van der Waals surface area contributed by atoms with Gasteiger partial charge in [-0.15, -0.1) is 0 Å². The molecule has 1 rings (SSSR count). The number of hydrogen-bond donors (Lipinski definition) is 1. The van der Waals surface area contributed by atoms with Crippen molar-refractivity contribution in [3.63, 3.8) is 0 Å². The van der Waals surface area contributed by atoms with Gasteiger partial charge in [-0.25, -0.2) is 0 Å². The number of likely N-dealkylation sites (N-methyl/N-ethyl adjacent to an activating group) is 1. The Morgan fingerprint density at radius 1 is 0.952 bits per heavy atom. The second-order valence-electron chi connectivity index (χ2n) is 6.03. The van der Waals surface area contributed by atoms with Crippen molar-refractivity contribution < 1.29 is 0 Å². The Morgan fingerprint density at radius 2 is 1.52 bits per heavy atom. The Kier molecular flexibility index (Phi) is 9.36. The summed E-state index contributed by atoms with van der Waals surface area (Å²) in [5.41, 5.74) is 2.75. The molecule has 0 spiro atoms. The van der Waals surface area contributed by atoms with E-state index in [4.69, 9.17) is 0 Å². The molecule has 21 heavy (non-hydrogen) atoms. The van der Waals surface area contributed by atoms with Crippen LogP contribution in [0.2, 0.25) is 0 Å². The van der Waals surface area contributed by atoms with E-state index in [2.05, 4.69) is 62.2 Å². The molecule has 0 aliphatic carbocycles. The quantitative estimate of drug-likeness (QED) is 0.643. The van der Waals surface area contributed by atoms with Gasteiger partial charge in [0.1, 0.15) is 0 Å². The maximum Gasteiger partial charge on any atom is 0.0449 e. The fraction of sp³-hybridized carbons (Fsp3) is 0.684. The van der Waals surface area contributed by atoms with Crippen molar-refractivity contribution in [1.29, 1.82) is 0 Å². The van der Waals surface area contributed by atoms with E-state index in [0.29, 0.717) is 6.04 Å². The Balaban J connectivity index is 2.69. The minimum atomic E-state index is 0.448. The second kappa shape index (κ2) is 10.8. The number of nitrogens with zero attached hydrogens (tertiary/aromatic N) is 1. The Morgan fingerprint density at radius 3 is 2.00 bits per heavy atom. The molecule has 0 bridgehead atoms. The van der Waals surface area contributed by atoms with Gasteiger partial charge in [-0.2, -0.15) is 0 Å². The van der Waals surface area contributed by atoms with E-state index in [1.807, 2.05) is 0 Å². The van der Waals surface area contributed by atoms with Crippen LogP contribution in [-0.2, 0) is 0 Å². The molecule has 0 fully saturated rings. The molecular formula is C19H34N2. The summed E-state index contributed by atoms with van der Waals surface area (Å²) in [6, 6.07) is 9.45. The highest BCUT2D eigenvalue weighted by molar-refractivity contribution is 5.24. The average molecular weight is 290 g/mol. The van der Waals surface area contributed by atoms with Crippen LogP contribution < -0.4 is 5.32 Å². The Hall–Kier alpha value is -0.860. The molecule has 120 valence electrons. The minimum Gasteiger partial charge on any atom is -0.309 e. The first-order valence-electron chi connectivity index (χ1n) is 8.73. The van der Waals surface area contributed by atoms with E-state index in [1.165, 1.54) is 49.9 Å². The largest absolute Gasteiger partial charge is 0.309 e. The topological polar surface area (TPSA) is 15.3 Å². The summed E-state index contributed by atoms with van der Waals surface area (Å²) in [4.78, 5) is 2.64. The standard InChI is InChI=1S/C19H34N2/c1-5-8-14-21(15-9-6-2)16-19(20-7-3)18-12-10-17(4)11-13-18/h10-13,19-20H,5-9,14-16H2,1-4H3.